The molecule has 2 aromatic rings. The van der Waals surface area contributed by atoms with Gasteiger partial charge in [-0.2, -0.15) is 0 Å². The maximum absolute atomic E-state index is 14.0. The van der Waals surface area contributed by atoms with Crippen molar-refractivity contribution in [1.82, 2.24) is 9.13 Å². The van der Waals surface area contributed by atoms with Crippen LogP contribution in [0.15, 0.2) is 33.9 Å². The third-order valence-electron chi connectivity index (χ3n) is 3.43. The van der Waals surface area contributed by atoms with E-state index in [-0.39, 0.29) is 11.5 Å². The molecule has 0 unspecified atom stereocenters. The predicted octanol–water partition coefficient (Wildman–Crippen LogP) is 2.01. The van der Waals surface area contributed by atoms with E-state index in [0.717, 1.165) is 16.6 Å². The van der Waals surface area contributed by atoms with Gasteiger partial charge in [0.15, 0.2) is 0 Å². The first-order valence-corrected chi connectivity index (χ1v) is 6.84. The summed E-state index contributed by atoms with van der Waals surface area (Å²) in [4.78, 5) is 23.8. The maximum Gasteiger partial charge on any atom is 0.332 e. The Bertz CT molecular complexity index is 777. The van der Waals surface area contributed by atoms with Gasteiger partial charge in [-0.05, 0) is 31.0 Å². The summed E-state index contributed by atoms with van der Waals surface area (Å²) < 4.78 is 16.4. The highest BCUT2D eigenvalue weighted by molar-refractivity contribution is 5.57. The molecule has 0 fully saturated rings. The minimum atomic E-state index is -0.432. The molecule has 0 aliphatic carbocycles. The number of halogens is 1. The molecule has 112 valence electrons. The van der Waals surface area contributed by atoms with E-state index in [1.54, 1.807) is 19.1 Å². The second-order valence-electron chi connectivity index (χ2n) is 4.75. The Morgan fingerprint density at radius 1 is 1.19 bits per heavy atom. The van der Waals surface area contributed by atoms with Crippen molar-refractivity contribution in [2.75, 3.05) is 5.32 Å². The number of rotatable bonds is 4. The van der Waals surface area contributed by atoms with Crippen LogP contribution in [-0.2, 0) is 20.0 Å². The molecule has 1 N–H and O–H groups in total. The lowest BCUT2D eigenvalue weighted by molar-refractivity contribution is 0.620. The second-order valence-corrected chi connectivity index (χ2v) is 4.75. The van der Waals surface area contributed by atoms with Gasteiger partial charge in [-0.15, -0.1) is 0 Å². The van der Waals surface area contributed by atoms with Gasteiger partial charge in [0.2, 0.25) is 0 Å². The summed E-state index contributed by atoms with van der Waals surface area (Å²) in [7, 11) is 1.54. The monoisotopic (exact) mass is 291 g/mol. The van der Waals surface area contributed by atoms with Crippen LogP contribution in [-0.4, -0.2) is 9.13 Å². The van der Waals surface area contributed by atoms with Crippen molar-refractivity contribution in [1.29, 1.82) is 0 Å². The van der Waals surface area contributed by atoms with Gasteiger partial charge in [0.25, 0.3) is 5.56 Å². The van der Waals surface area contributed by atoms with E-state index in [0.29, 0.717) is 6.54 Å². The van der Waals surface area contributed by atoms with Crippen LogP contribution in [0.5, 0.6) is 0 Å². The number of aryl methyl sites for hydroxylation is 1. The van der Waals surface area contributed by atoms with Crippen molar-refractivity contribution in [3.63, 3.8) is 0 Å². The first kappa shape index (κ1) is 15.0. The topological polar surface area (TPSA) is 56.0 Å². The number of nitrogens with zero attached hydrogens (tertiary/aromatic N) is 2. The zero-order chi connectivity index (χ0) is 15.6. The van der Waals surface area contributed by atoms with E-state index in [4.69, 9.17) is 0 Å². The zero-order valence-electron chi connectivity index (χ0n) is 12.3. The molecule has 0 aliphatic rings. The van der Waals surface area contributed by atoms with Crippen LogP contribution in [0.3, 0.4) is 0 Å². The summed E-state index contributed by atoms with van der Waals surface area (Å²) in [6.45, 7) is 3.96. The molecule has 0 radical (unpaired) electrons. The van der Waals surface area contributed by atoms with E-state index in [1.807, 2.05) is 6.92 Å². The van der Waals surface area contributed by atoms with E-state index in [1.165, 1.54) is 23.7 Å². The summed E-state index contributed by atoms with van der Waals surface area (Å²) >= 11 is 0. The third-order valence-corrected chi connectivity index (χ3v) is 3.43. The largest absolute Gasteiger partial charge is 0.339 e. The molecule has 0 saturated carbocycles. The van der Waals surface area contributed by atoms with Gasteiger partial charge in [-0.1, -0.05) is 13.0 Å². The van der Waals surface area contributed by atoms with E-state index in [9.17, 15) is 14.0 Å². The second kappa shape index (κ2) is 5.95. The minimum absolute atomic E-state index is 0.232. The lowest BCUT2D eigenvalue weighted by Gasteiger charge is -2.13. The lowest BCUT2D eigenvalue weighted by Crippen LogP contribution is -2.38. The number of hydrogen-bond donors (Lipinski definition) is 1. The molecule has 6 heteroatoms. The molecular formula is C15H18FN3O2. The van der Waals surface area contributed by atoms with Gasteiger partial charge in [-0.3, -0.25) is 13.9 Å². The van der Waals surface area contributed by atoms with Crippen LogP contribution in [0.25, 0.3) is 0 Å². The molecule has 0 bridgehead atoms. The smallest absolute Gasteiger partial charge is 0.332 e. The fourth-order valence-electron chi connectivity index (χ4n) is 2.10. The highest BCUT2D eigenvalue weighted by Gasteiger charge is 2.10. The van der Waals surface area contributed by atoms with Gasteiger partial charge in [0.05, 0.1) is 5.69 Å². The SMILES string of the molecule is CCc1ccc(Nc2cc(=O)n(CC)c(=O)n2C)c(F)c1. The maximum atomic E-state index is 14.0. The lowest BCUT2D eigenvalue weighted by atomic mass is 10.1. The van der Waals surface area contributed by atoms with Gasteiger partial charge >= 0.3 is 5.69 Å². The van der Waals surface area contributed by atoms with Crippen molar-refractivity contribution in [2.24, 2.45) is 7.05 Å². The van der Waals surface area contributed by atoms with Crippen LogP contribution in [0.4, 0.5) is 15.9 Å². The Morgan fingerprint density at radius 3 is 2.48 bits per heavy atom. The zero-order valence-corrected chi connectivity index (χ0v) is 12.3. The van der Waals surface area contributed by atoms with Gasteiger partial charge in [0, 0.05) is 19.7 Å². The average Bonchev–Trinajstić information content (AvgIpc) is 2.47. The average molecular weight is 291 g/mol. The van der Waals surface area contributed by atoms with Gasteiger partial charge in [-0.25, -0.2) is 9.18 Å². The van der Waals surface area contributed by atoms with Crippen LogP contribution >= 0.6 is 0 Å². The highest BCUT2D eigenvalue weighted by atomic mass is 19.1. The number of nitrogens with one attached hydrogen (secondary N) is 1. The summed E-state index contributed by atoms with van der Waals surface area (Å²) in [6, 6.07) is 6.13. The van der Waals surface area contributed by atoms with Gasteiger partial charge < -0.3 is 5.32 Å². The summed E-state index contributed by atoms with van der Waals surface area (Å²) in [5.41, 5.74) is 0.274. The van der Waals surface area contributed by atoms with Crippen molar-refractivity contribution >= 4 is 11.5 Å². The first-order valence-electron chi connectivity index (χ1n) is 6.84. The van der Waals surface area contributed by atoms with E-state index < -0.39 is 17.1 Å². The summed E-state index contributed by atoms with van der Waals surface area (Å²) in [5.74, 6) is -0.153. The minimum Gasteiger partial charge on any atom is -0.339 e. The molecule has 0 atom stereocenters. The van der Waals surface area contributed by atoms with Crippen molar-refractivity contribution in [3.8, 4) is 0 Å². The first-order chi connectivity index (χ1) is 9.97. The van der Waals surface area contributed by atoms with Crippen LogP contribution in [0, 0.1) is 5.82 Å². The van der Waals surface area contributed by atoms with Crippen molar-refractivity contribution in [2.45, 2.75) is 26.8 Å². The molecule has 0 saturated heterocycles. The number of aromatic nitrogens is 2. The fourth-order valence-corrected chi connectivity index (χ4v) is 2.10. The summed E-state index contributed by atoms with van der Waals surface area (Å²) in [5, 5.41) is 2.80. The quantitative estimate of drug-likeness (QED) is 0.937. The Kier molecular flexibility index (Phi) is 4.26. The molecule has 21 heavy (non-hydrogen) atoms. The van der Waals surface area contributed by atoms with Crippen LogP contribution in [0.1, 0.15) is 19.4 Å². The fraction of sp³-hybridized carbons (Fsp3) is 0.333. The van der Waals surface area contributed by atoms with Crippen LogP contribution < -0.4 is 16.6 Å². The molecule has 0 aliphatic heterocycles. The number of hydrogen-bond acceptors (Lipinski definition) is 3. The molecule has 1 heterocycles. The molecule has 1 aromatic carbocycles. The molecule has 0 amide bonds. The summed E-state index contributed by atoms with van der Waals surface area (Å²) in [6.07, 6.45) is 0.738. The Hall–Kier alpha value is -2.37. The Labute approximate surface area is 121 Å². The van der Waals surface area contributed by atoms with Gasteiger partial charge in [0.1, 0.15) is 11.6 Å². The van der Waals surface area contributed by atoms with Crippen LogP contribution in [0.2, 0.25) is 0 Å². The van der Waals surface area contributed by atoms with Crippen molar-refractivity contribution < 1.29 is 4.39 Å². The van der Waals surface area contributed by atoms with E-state index in [2.05, 4.69) is 5.32 Å². The normalized spacial score (nSPS) is 10.7. The number of anilines is 2. The Balaban J connectivity index is 2.45. The molecule has 0 spiro atoms. The molecule has 5 nitrogen and oxygen atoms in total. The van der Waals surface area contributed by atoms with E-state index >= 15 is 0 Å². The predicted molar refractivity (Wildman–Crippen MR) is 80.7 cm³/mol. The number of benzene rings is 1. The molecule has 2 rings (SSSR count). The van der Waals surface area contributed by atoms with Crippen molar-refractivity contribution in [3.05, 3.63) is 56.5 Å². The third kappa shape index (κ3) is 2.89. The highest BCUT2D eigenvalue weighted by Crippen LogP contribution is 2.19. The standard InChI is InChI=1S/C15H18FN3O2/c1-4-10-6-7-12(11(16)8-10)17-13-9-14(20)19(5-2)15(21)18(13)3/h6-9,17H,4-5H2,1-3H3. The Morgan fingerprint density at radius 2 is 1.90 bits per heavy atom. The molecule has 1 aromatic heterocycles. The molecular weight excluding hydrogens is 273 g/mol.